The van der Waals surface area contributed by atoms with Crippen molar-refractivity contribution in [2.24, 2.45) is 22.7 Å². The summed E-state index contributed by atoms with van der Waals surface area (Å²) in [6.45, 7) is 3.60. The second kappa shape index (κ2) is 4.92. The number of rotatable bonds is 3. The molecule has 3 nitrogen and oxygen atoms in total. The van der Waals surface area contributed by atoms with Crippen molar-refractivity contribution in [3.05, 3.63) is 35.9 Å². The third-order valence-corrected chi connectivity index (χ3v) is 8.84. The van der Waals surface area contributed by atoms with Gasteiger partial charge in [0.15, 0.2) is 0 Å². The summed E-state index contributed by atoms with van der Waals surface area (Å²) < 4.78 is 0. The minimum Gasteiger partial charge on any atom is -0.351 e. The van der Waals surface area contributed by atoms with E-state index < -0.39 is 0 Å². The van der Waals surface area contributed by atoms with Crippen LogP contribution in [-0.4, -0.2) is 24.5 Å². The Labute approximate surface area is 156 Å². The molecule has 5 unspecified atom stereocenters. The molecule has 1 amide bonds. The van der Waals surface area contributed by atoms with Gasteiger partial charge in [0.05, 0.1) is 5.41 Å². The van der Waals surface area contributed by atoms with E-state index in [9.17, 15) is 4.79 Å². The molecule has 7 atom stereocenters. The number of carbonyl (C=O) groups is 1. The third-order valence-electron chi connectivity index (χ3n) is 8.84. The van der Waals surface area contributed by atoms with Gasteiger partial charge in [0.1, 0.15) is 0 Å². The number of hydrogen-bond donors (Lipinski definition) is 2. The quantitative estimate of drug-likeness (QED) is 0.877. The normalized spacial score (nSPS) is 50.5. The molecule has 6 bridgehead atoms. The lowest BCUT2D eigenvalue weighted by atomic mass is 9.63. The molecule has 1 aromatic rings. The molecule has 5 aliphatic carbocycles. The lowest BCUT2D eigenvalue weighted by Crippen LogP contribution is -2.55. The molecule has 26 heavy (non-hydrogen) atoms. The van der Waals surface area contributed by atoms with Crippen LogP contribution < -0.4 is 10.6 Å². The molecular weight excluding hydrogens is 320 g/mol. The first kappa shape index (κ1) is 15.7. The van der Waals surface area contributed by atoms with Crippen molar-refractivity contribution in [3.8, 4) is 0 Å². The van der Waals surface area contributed by atoms with Crippen LogP contribution in [0.2, 0.25) is 0 Å². The molecule has 7 rings (SSSR count). The van der Waals surface area contributed by atoms with Crippen LogP contribution in [0.15, 0.2) is 30.3 Å². The van der Waals surface area contributed by atoms with Gasteiger partial charge in [-0.05, 0) is 74.3 Å². The fraction of sp³-hybridized carbons (Fsp3) is 0.696. The highest BCUT2D eigenvalue weighted by Gasteiger charge is 2.73. The lowest BCUT2D eigenvalue weighted by molar-refractivity contribution is -0.135. The summed E-state index contributed by atoms with van der Waals surface area (Å²) in [4.78, 5) is 13.8. The smallest absolute Gasteiger partial charge is 0.227 e. The minimum absolute atomic E-state index is 0.0705. The summed E-state index contributed by atoms with van der Waals surface area (Å²) in [7, 11) is 0. The number of nitrogens with one attached hydrogen (secondary N) is 2. The number of hydrogen-bond acceptors (Lipinski definition) is 2. The maximum atomic E-state index is 13.8. The molecule has 0 aromatic heterocycles. The van der Waals surface area contributed by atoms with Gasteiger partial charge in [-0.2, -0.15) is 0 Å². The van der Waals surface area contributed by atoms with Crippen molar-refractivity contribution in [1.29, 1.82) is 0 Å². The Morgan fingerprint density at radius 2 is 1.92 bits per heavy atom. The van der Waals surface area contributed by atoms with Crippen LogP contribution in [0.1, 0.15) is 57.4 Å². The SMILES string of the molecule is C[C@@]12CC3CC(C(=O)NC4CC5CNC4C5)(C1)[C@](c1ccccc1)(C3)C2. The summed E-state index contributed by atoms with van der Waals surface area (Å²) >= 11 is 0. The molecule has 0 spiro atoms. The van der Waals surface area contributed by atoms with E-state index in [0.29, 0.717) is 23.4 Å². The molecule has 6 fully saturated rings. The molecular formula is C23H30N2O. The van der Waals surface area contributed by atoms with E-state index in [2.05, 4.69) is 47.9 Å². The third kappa shape index (κ3) is 1.86. The fourth-order valence-electron chi connectivity index (χ4n) is 8.40. The lowest BCUT2D eigenvalue weighted by Gasteiger charge is -2.41. The van der Waals surface area contributed by atoms with E-state index in [1.165, 1.54) is 37.7 Å². The first-order valence-corrected chi connectivity index (χ1v) is 10.6. The molecule has 1 heterocycles. The highest BCUT2D eigenvalue weighted by atomic mass is 16.2. The van der Waals surface area contributed by atoms with Gasteiger partial charge in [-0.15, -0.1) is 0 Å². The van der Waals surface area contributed by atoms with E-state index in [-0.39, 0.29) is 10.8 Å². The van der Waals surface area contributed by atoms with Crippen molar-refractivity contribution in [2.75, 3.05) is 6.54 Å². The number of carbonyl (C=O) groups excluding carboxylic acids is 1. The summed E-state index contributed by atoms with van der Waals surface area (Å²) in [6, 6.07) is 11.9. The first-order valence-electron chi connectivity index (χ1n) is 10.6. The van der Waals surface area contributed by atoms with Crippen LogP contribution >= 0.6 is 0 Å². The van der Waals surface area contributed by atoms with Crippen molar-refractivity contribution in [2.45, 2.75) is 69.4 Å². The highest BCUT2D eigenvalue weighted by Crippen LogP contribution is 2.76. The van der Waals surface area contributed by atoms with Crippen LogP contribution in [0.3, 0.4) is 0 Å². The Morgan fingerprint density at radius 3 is 2.62 bits per heavy atom. The average molecular weight is 351 g/mol. The summed E-state index contributed by atoms with van der Waals surface area (Å²) in [5.41, 5.74) is 1.67. The number of amides is 1. The number of fused-ring (bicyclic) bond motifs is 2. The van der Waals surface area contributed by atoms with E-state index in [0.717, 1.165) is 31.2 Å². The first-order chi connectivity index (χ1) is 12.5. The molecule has 6 aliphatic rings. The number of benzene rings is 1. The van der Waals surface area contributed by atoms with E-state index in [4.69, 9.17) is 0 Å². The van der Waals surface area contributed by atoms with Gasteiger partial charge in [-0.1, -0.05) is 37.3 Å². The molecule has 1 saturated heterocycles. The van der Waals surface area contributed by atoms with Gasteiger partial charge >= 0.3 is 0 Å². The van der Waals surface area contributed by atoms with Crippen LogP contribution in [0.4, 0.5) is 0 Å². The molecule has 5 saturated carbocycles. The second-order valence-electron chi connectivity index (χ2n) is 10.6. The Kier molecular flexibility index (Phi) is 2.97. The molecule has 2 N–H and O–H groups in total. The van der Waals surface area contributed by atoms with Gasteiger partial charge < -0.3 is 10.6 Å². The largest absolute Gasteiger partial charge is 0.351 e. The van der Waals surface area contributed by atoms with Crippen LogP contribution in [0.25, 0.3) is 0 Å². The van der Waals surface area contributed by atoms with Gasteiger partial charge in [0.2, 0.25) is 5.91 Å². The average Bonchev–Trinajstić information content (AvgIpc) is 3.32. The standard InChI is InChI=1S/C23H30N2O/c1-21-9-16-10-22(13-21,17-5-3-2-4-6-17)23(11-16,14-21)20(26)25-19-8-15-7-18(19)24-12-15/h2-6,15-16,18-19,24H,7-14H2,1H3,(H,25,26)/t15?,16?,18?,19?,21-,22+,23?/m0/s1. The van der Waals surface area contributed by atoms with Crippen molar-refractivity contribution in [3.63, 3.8) is 0 Å². The Bertz CT molecular complexity index is 763. The van der Waals surface area contributed by atoms with Crippen LogP contribution in [0, 0.1) is 22.7 Å². The van der Waals surface area contributed by atoms with E-state index in [1.807, 2.05) is 0 Å². The molecule has 1 aliphatic heterocycles. The Balaban J connectivity index is 1.38. The topological polar surface area (TPSA) is 41.1 Å². The van der Waals surface area contributed by atoms with Crippen molar-refractivity contribution in [1.82, 2.24) is 10.6 Å². The van der Waals surface area contributed by atoms with Gasteiger partial charge in [0.25, 0.3) is 0 Å². The van der Waals surface area contributed by atoms with E-state index >= 15 is 0 Å². The molecule has 1 aromatic carbocycles. The predicted octanol–water partition coefficient (Wildman–Crippen LogP) is 3.39. The summed E-state index contributed by atoms with van der Waals surface area (Å²) in [5, 5.41) is 7.18. The Morgan fingerprint density at radius 1 is 1.08 bits per heavy atom. The van der Waals surface area contributed by atoms with Crippen LogP contribution in [-0.2, 0) is 10.2 Å². The predicted molar refractivity (Wildman–Crippen MR) is 102 cm³/mol. The minimum atomic E-state index is -0.173. The summed E-state index contributed by atoms with van der Waals surface area (Å²) in [6.07, 6.45) is 8.37. The number of piperidine rings is 1. The van der Waals surface area contributed by atoms with Crippen molar-refractivity contribution < 1.29 is 4.79 Å². The van der Waals surface area contributed by atoms with Gasteiger partial charge in [0, 0.05) is 17.5 Å². The Hall–Kier alpha value is -1.35. The molecule has 138 valence electrons. The molecule has 0 radical (unpaired) electrons. The van der Waals surface area contributed by atoms with Gasteiger partial charge in [-0.25, -0.2) is 0 Å². The monoisotopic (exact) mass is 350 g/mol. The zero-order valence-electron chi connectivity index (χ0n) is 15.8. The van der Waals surface area contributed by atoms with Gasteiger partial charge in [-0.3, -0.25) is 4.79 Å². The maximum absolute atomic E-state index is 13.8. The maximum Gasteiger partial charge on any atom is 0.227 e. The fourth-order valence-corrected chi connectivity index (χ4v) is 8.40. The second-order valence-corrected chi connectivity index (χ2v) is 10.6. The zero-order chi connectivity index (χ0) is 17.6. The highest BCUT2D eigenvalue weighted by molar-refractivity contribution is 5.87. The van der Waals surface area contributed by atoms with Crippen molar-refractivity contribution >= 4 is 5.91 Å². The summed E-state index contributed by atoms with van der Waals surface area (Å²) in [5.74, 6) is 1.89. The zero-order valence-corrected chi connectivity index (χ0v) is 15.8. The van der Waals surface area contributed by atoms with E-state index in [1.54, 1.807) is 0 Å². The van der Waals surface area contributed by atoms with Crippen LogP contribution in [0.5, 0.6) is 0 Å². The molecule has 3 heteroatoms.